The topological polar surface area (TPSA) is 125 Å². The van der Waals surface area contributed by atoms with Gasteiger partial charge in [-0.15, -0.1) is 0 Å². The van der Waals surface area contributed by atoms with Crippen LogP contribution in [0, 0.1) is 0 Å². The number of H-pyrrole nitrogens is 2. The fraction of sp³-hybridized carbons (Fsp3) is 0.278. The van der Waals surface area contributed by atoms with Gasteiger partial charge < -0.3 is 14.8 Å². The van der Waals surface area contributed by atoms with E-state index in [2.05, 4.69) is 35.6 Å². The molecule has 1 aliphatic rings. The van der Waals surface area contributed by atoms with Crippen LogP contribution in [0.5, 0.6) is 0 Å². The largest absolute Gasteiger partial charge is 0.332 e. The SMILES string of the molecule is O=c1[nH]cnc2cc(-c3noc(-c4[nH]ncc4C4CCNCC4)n3)ccc12. The van der Waals surface area contributed by atoms with E-state index >= 15 is 0 Å². The molecule has 136 valence electrons. The monoisotopic (exact) mass is 363 g/mol. The minimum Gasteiger partial charge on any atom is -0.332 e. The standard InChI is InChI=1S/C18H17N7O2/c26-17-12-2-1-11(7-14(12)20-9-21-17)16-23-18(27-25-16)15-13(8-22-24-15)10-3-5-19-6-4-10/h1-2,7-10,19H,3-6H2,(H,22,24)(H,20,21,26). The van der Waals surface area contributed by atoms with Crippen LogP contribution >= 0.6 is 0 Å². The van der Waals surface area contributed by atoms with Crippen LogP contribution in [-0.2, 0) is 0 Å². The molecular formula is C18H17N7O2. The van der Waals surface area contributed by atoms with Gasteiger partial charge in [0.05, 0.1) is 23.4 Å². The Balaban J connectivity index is 1.51. The molecule has 1 aliphatic heterocycles. The third-order valence-corrected chi connectivity index (χ3v) is 4.99. The molecule has 0 saturated carbocycles. The lowest BCUT2D eigenvalue weighted by Gasteiger charge is -2.21. The van der Waals surface area contributed by atoms with E-state index in [1.54, 1.807) is 18.2 Å². The van der Waals surface area contributed by atoms with E-state index < -0.39 is 0 Å². The molecule has 5 rings (SSSR count). The smallest absolute Gasteiger partial charge is 0.276 e. The number of benzene rings is 1. The first-order valence-corrected chi connectivity index (χ1v) is 8.85. The number of nitrogens with zero attached hydrogens (tertiary/aromatic N) is 4. The number of aromatic amines is 2. The van der Waals surface area contributed by atoms with E-state index in [1.807, 2.05) is 6.20 Å². The Morgan fingerprint density at radius 3 is 2.96 bits per heavy atom. The van der Waals surface area contributed by atoms with E-state index in [1.165, 1.54) is 6.33 Å². The molecular weight excluding hydrogens is 346 g/mol. The summed E-state index contributed by atoms with van der Waals surface area (Å²) in [5, 5.41) is 15.2. The molecule has 4 heterocycles. The average molecular weight is 363 g/mol. The number of piperidine rings is 1. The van der Waals surface area contributed by atoms with Crippen molar-refractivity contribution in [1.29, 1.82) is 0 Å². The Hall–Kier alpha value is -3.33. The summed E-state index contributed by atoms with van der Waals surface area (Å²) in [7, 11) is 0. The molecule has 1 aromatic carbocycles. The maximum absolute atomic E-state index is 11.8. The zero-order valence-electron chi connectivity index (χ0n) is 14.4. The van der Waals surface area contributed by atoms with Crippen LogP contribution < -0.4 is 10.9 Å². The Kier molecular flexibility index (Phi) is 3.79. The molecule has 0 bridgehead atoms. The summed E-state index contributed by atoms with van der Waals surface area (Å²) >= 11 is 0. The fourth-order valence-electron chi connectivity index (χ4n) is 3.56. The Labute approximate surface area is 153 Å². The molecule has 9 heteroatoms. The van der Waals surface area contributed by atoms with Gasteiger partial charge >= 0.3 is 0 Å². The van der Waals surface area contributed by atoms with Crippen molar-refractivity contribution < 1.29 is 4.52 Å². The molecule has 0 atom stereocenters. The number of rotatable bonds is 3. The third kappa shape index (κ3) is 2.81. The lowest BCUT2D eigenvalue weighted by Crippen LogP contribution is -2.26. The first-order chi connectivity index (χ1) is 13.3. The van der Waals surface area contributed by atoms with Crippen molar-refractivity contribution >= 4 is 10.9 Å². The van der Waals surface area contributed by atoms with Crippen LogP contribution in [0.3, 0.4) is 0 Å². The molecule has 3 aromatic heterocycles. The Morgan fingerprint density at radius 2 is 2.07 bits per heavy atom. The van der Waals surface area contributed by atoms with Crippen molar-refractivity contribution in [3.8, 4) is 23.0 Å². The third-order valence-electron chi connectivity index (χ3n) is 4.99. The lowest BCUT2D eigenvalue weighted by atomic mass is 9.90. The Morgan fingerprint density at radius 1 is 1.19 bits per heavy atom. The number of hydrogen-bond donors (Lipinski definition) is 3. The Bertz CT molecular complexity index is 1150. The van der Waals surface area contributed by atoms with Crippen molar-refractivity contribution in [3.05, 3.63) is 46.6 Å². The predicted octanol–water partition coefficient (Wildman–Crippen LogP) is 1.83. The second kappa shape index (κ2) is 6.44. The van der Waals surface area contributed by atoms with Gasteiger partial charge in [0.25, 0.3) is 11.4 Å². The molecule has 0 unspecified atom stereocenters. The summed E-state index contributed by atoms with van der Waals surface area (Å²) in [6, 6.07) is 5.28. The quantitative estimate of drug-likeness (QED) is 0.507. The van der Waals surface area contributed by atoms with Gasteiger partial charge in [-0.25, -0.2) is 4.98 Å². The van der Waals surface area contributed by atoms with Gasteiger partial charge in [0.15, 0.2) is 0 Å². The van der Waals surface area contributed by atoms with Gasteiger partial charge in [-0.2, -0.15) is 10.1 Å². The normalized spacial score (nSPS) is 15.4. The average Bonchev–Trinajstić information content (AvgIpc) is 3.38. The van der Waals surface area contributed by atoms with Gasteiger partial charge in [-0.3, -0.25) is 9.89 Å². The van der Waals surface area contributed by atoms with Gasteiger partial charge in [0.2, 0.25) is 5.82 Å². The highest BCUT2D eigenvalue weighted by atomic mass is 16.5. The summed E-state index contributed by atoms with van der Waals surface area (Å²) in [5.74, 6) is 1.28. The maximum Gasteiger partial charge on any atom is 0.276 e. The molecule has 9 nitrogen and oxygen atoms in total. The fourth-order valence-corrected chi connectivity index (χ4v) is 3.56. The zero-order chi connectivity index (χ0) is 18.2. The van der Waals surface area contributed by atoms with Crippen LogP contribution in [0.25, 0.3) is 33.9 Å². The van der Waals surface area contributed by atoms with Crippen LogP contribution in [-0.4, -0.2) is 43.4 Å². The number of nitrogens with one attached hydrogen (secondary N) is 3. The molecule has 0 radical (unpaired) electrons. The highest BCUT2D eigenvalue weighted by Crippen LogP contribution is 2.32. The van der Waals surface area contributed by atoms with E-state index in [9.17, 15) is 4.79 Å². The van der Waals surface area contributed by atoms with E-state index in [0.29, 0.717) is 28.5 Å². The minimum absolute atomic E-state index is 0.176. The van der Waals surface area contributed by atoms with Crippen molar-refractivity contribution in [2.24, 2.45) is 0 Å². The molecule has 3 N–H and O–H groups in total. The maximum atomic E-state index is 11.8. The van der Waals surface area contributed by atoms with Crippen LogP contribution in [0.4, 0.5) is 0 Å². The second-order valence-electron chi connectivity index (χ2n) is 6.61. The lowest BCUT2D eigenvalue weighted by molar-refractivity contribution is 0.427. The van der Waals surface area contributed by atoms with E-state index in [0.717, 1.165) is 42.8 Å². The van der Waals surface area contributed by atoms with E-state index in [4.69, 9.17) is 4.52 Å². The second-order valence-corrected chi connectivity index (χ2v) is 6.61. The molecule has 4 aromatic rings. The van der Waals surface area contributed by atoms with Crippen LogP contribution in [0.2, 0.25) is 0 Å². The van der Waals surface area contributed by atoms with Crippen molar-refractivity contribution in [3.63, 3.8) is 0 Å². The summed E-state index contributed by atoms with van der Waals surface area (Å²) < 4.78 is 5.49. The van der Waals surface area contributed by atoms with Crippen molar-refractivity contribution in [2.45, 2.75) is 18.8 Å². The van der Waals surface area contributed by atoms with Crippen LogP contribution in [0.15, 0.2) is 40.0 Å². The van der Waals surface area contributed by atoms with Crippen molar-refractivity contribution in [2.75, 3.05) is 13.1 Å². The number of fused-ring (bicyclic) bond motifs is 1. The summed E-state index contributed by atoms with van der Waals surface area (Å²) in [5.41, 5.74) is 3.02. The number of aromatic nitrogens is 6. The molecule has 0 aliphatic carbocycles. The molecule has 0 amide bonds. The molecule has 1 fully saturated rings. The van der Waals surface area contributed by atoms with Crippen LogP contribution in [0.1, 0.15) is 24.3 Å². The first-order valence-electron chi connectivity index (χ1n) is 8.85. The summed E-state index contributed by atoms with van der Waals surface area (Å²) in [6.45, 7) is 1.99. The summed E-state index contributed by atoms with van der Waals surface area (Å²) in [4.78, 5) is 23.1. The first kappa shape index (κ1) is 15.9. The zero-order valence-corrected chi connectivity index (χ0v) is 14.4. The molecule has 27 heavy (non-hydrogen) atoms. The summed E-state index contributed by atoms with van der Waals surface area (Å²) in [6.07, 6.45) is 5.34. The van der Waals surface area contributed by atoms with Gasteiger partial charge in [0, 0.05) is 11.1 Å². The molecule has 0 spiro atoms. The predicted molar refractivity (Wildman–Crippen MR) is 98.1 cm³/mol. The van der Waals surface area contributed by atoms with Gasteiger partial charge in [0.1, 0.15) is 5.69 Å². The number of hydrogen-bond acceptors (Lipinski definition) is 7. The van der Waals surface area contributed by atoms with Crippen molar-refractivity contribution in [1.82, 2.24) is 35.6 Å². The highest BCUT2D eigenvalue weighted by molar-refractivity contribution is 5.82. The molecule has 1 saturated heterocycles. The van der Waals surface area contributed by atoms with Gasteiger partial charge in [-0.1, -0.05) is 11.2 Å². The van der Waals surface area contributed by atoms with Gasteiger partial charge in [-0.05, 0) is 44.0 Å². The minimum atomic E-state index is -0.176. The van der Waals surface area contributed by atoms with E-state index in [-0.39, 0.29) is 5.56 Å². The highest BCUT2D eigenvalue weighted by Gasteiger charge is 2.23.